The summed E-state index contributed by atoms with van der Waals surface area (Å²) in [5, 5.41) is 0. The van der Waals surface area contributed by atoms with E-state index in [0.717, 1.165) is 12.0 Å². The number of hydrogen-bond donors (Lipinski definition) is 2. The molecule has 21 heavy (non-hydrogen) atoms. The first-order valence-corrected chi connectivity index (χ1v) is 6.82. The Labute approximate surface area is 122 Å². The molecular formula is C15H18N2O4. The topological polar surface area (TPSA) is 84.5 Å². The minimum absolute atomic E-state index is 0.00568. The zero-order valence-electron chi connectivity index (χ0n) is 11.8. The molecule has 0 aromatic heterocycles. The Morgan fingerprint density at radius 2 is 1.86 bits per heavy atom. The second kappa shape index (κ2) is 6.88. The van der Waals surface area contributed by atoms with Crippen LogP contribution in [0.15, 0.2) is 30.3 Å². The Kier molecular flexibility index (Phi) is 4.92. The molecule has 0 spiro atoms. The van der Waals surface area contributed by atoms with Crippen LogP contribution in [0.3, 0.4) is 0 Å². The molecule has 2 atom stereocenters. The first kappa shape index (κ1) is 15.0. The number of methoxy groups -OCH3 is 1. The molecule has 6 nitrogen and oxygen atoms in total. The predicted octanol–water partition coefficient (Wildman–Crippen LogP) is 0.891. The van der Waals surface area contributed by atoms with Gasteiger partial charge in [-0.15, -0.1) is 0 Å². The fraction of sp³-hybridized carbons (Fsp3) is 0.400. The molecule has 0 bridgehead atoms. The van der Waals surface area contributed by atoms with Gasteiger partial charge in [0.05, 0.1) is 13.5 Å². The van der Waals surface area contributed by atoms with Gasteiger partial charge < -0.3 is 4.74 Å². The number of ether oxygens (including phenoxy) is 1. The number of hydrazine groups is 1. The Balaban J connectivity index is 1.69. The Morgan fingerprint density at radius 1 is 1.14 bits per heavy atom. The summed E-state index contributed by atoms with van der Waals surface area (Å²) in [4.78, 5) is 34.2. The lowest BCUT2D eigenvalue weighted by atomic mass is 10.1. The maximum absolute atomic E-state index is 11.9. The lowest BCUT2D eigenvalue weighted by Gasteiger charge is -2.07. The molecule has 1 aliphatic carbocycles. The predicted molar refractivity (Wildman–Crippen MR) is 74.8 cm³/mol. The van der Waals surface area contributed by atoms with Crippen LogP contribution in [0, 0.1) is 5.92 Å². The lowest BCUT2D eigenvalue weighted by molar-refractivity contribution is -0.142. The van der Waals surface area contributed by atoms with Crippen LogP contribution in [0.25, 0.3) is 0 Å². The van der Waals surface area contributed by atoms with Crippen LogP contribution in [0.5, 0.6) is 0 Å². The van der Waals surface area contributed by atoms with Crippen molar-refractivity contribution in [1.82, 2.24) is 10.9 Å². The SMILES string of the molecule is COC(=O)CCC(=O)NNC(=O)[C@H]1C[C@@H]1c1ccccc1. The Morgan fingerprint density at radius 3 is 2.52 bits per heavy atom. The Bertz CT molecular complexity index is 530. The van der Waals surface area contributed by atoms with E-state index < -0.39 is 11.9 Å². The van der Waals surface area contributed by atoms with Gasteiger partial charge in [-0.3, -0.25) is 25.2 Å². The van der Waals surface area contributed by atoms with E-state index in [1.165, 1.54) is 7.11 Å². The van der Waals surface area contributed by atoms with E-state index in [4.69, 9.17) is 0 Å². The highest BCUT2D eigenvalue weighted by Crippen LogP contribution is 2.47. The average molecular weight is 290 g/mol. The normalized spacial score (nSPS) is 19.5. The minimum Gasteiger partial charge on any atom is -0.469 e. The van der Waals surface area contributed by atoms with Crippen LogP contribution in [0.4, 0.5) is 0 Å². The summed E-state index contributed by atoms with van der Waals surface area (Å²) < 4.78 is 4.43. The highest BCUT2D eigenvalue weighted by molar-refractivity contribution is 5.87. The zero-order chi connectivity index (χ0) is 15.2. The molecule has 0 radical (unpaired) electrons. The molecule has 2 N–H and O–H groups in total. The van der Waals surface area contributed by atoms with Crippen LogP contribution in [-0.4, -0.2) is 24.9 Å². The largest absolute Gasteiger partial charge is 0.469 e. The molecule has 0 unspecified atom stereocenters. The highest BCUT2D eigenvalue weighted by Gasteiger charge is 2.43. The van der Waals surface area contributed by atoms with E-state index in [0.29, 0.717) is 0 Å². The van der Waals surface area contributed by atoms with Crippen molar-refractivity contribution in [1.29, 1.82) is 0 Å². The maximum Gasteiger partial charge on any atom is 0.306 e. The molecule has 1 fully saturated rings. The zero-order valence-corrected chi connectivity index (χ0v) is 11.8. The minimum atomic E-state index is -0.456. The van der Waals surface area contributed by atoms with Crippen LogP contribution in [0.1, 0.15) is 30.7 Å². The molecule has 0 heterocycles. The summed E-state index contributed by atoms with van der Waals surface area (Å²) in [6.07, 6.45) is 0.766. The third-order valence-corrected chi connectivity index (χ3v) is 3.46. The number of benzene rings is 1. The third-order valence-electron chi connectivity index (χ3n) is 3.46. The van der Waals surface area contributed by atoms with Gasteiger partial charge in [0, 0.05) is 12.3 Å². The molecule has 1 aromatic rings. The molecule has 6 heteroatoms. The van der Waals surface area contributed by atoms with E-state index in [-0.39, 0.29) is 30.6 Å². The van der Waals surface area contributed by atoms with Gasteiger partial charge in [-0.1, -0.05) is 30.3 Å². The van der Waals surface area contributed by atoms with Gasteiger partial charge in [0.1, 0.15) is 0 Å². The lowest BCUT2D eigenvalue weighted by Crippen LogP contribution is -2.42. The molecule has 1 aliphatic rings. The fourth-order valence-corrected chi connectivity index (χ4v) is 2.16. The highest BCUT2D eigenvalue weighted by atomic mass is 16.5. The average Bonchev–Trinajstić information content (AvgIpc) is 3.31. The number of rotatable bonds is 5. The van der Waals surface area contributed by atoms with Gasteiger partial charge in [-0.25, -0.2) is 0 Å². The summed E-state index contributed by atoms with van der Waals surface area (Å²) in [5.74, 6) is -0.949. The number of esters is 1. The molecule has 0 aliphatic heterocycles. The molecule has 112 valence electrons. The van der Waals surface area contributed by atoms with Gasteiger partial charge in [0.15, 0.2) is 0 Å². The standard InChI is InChI=1S/C15H18N2O4/c1-21-14(19)8-7-13(18)16-17-15(20)12-9-11(12)10-5-3-2-4-6-10/h2-6,11-12H,7-9H2,1H3,(H,16,18)(H,17,20)/t11-,12+/m1/s1. The van der Waals surface area contributed by atoms with E-state index in [1.807, 2.05) is 30.3 Å². The fourth-order valence-electron chi connectivity index (χ4n) is 2.16. The second-order valence-electron chi connectivity index (χ2n) is 4.97. The van der Waals surface area contributed by atoms with Gasteiger partial charge in [0.25, 0.3) is 0 Å². The van der Waals surface area contributed by atoms with Crippen molar-refractivity contribution < 1.29 is 19.1 Å². The van der Waals surface area contributed by atoms with Crippen LogP contribution in [-0.2, 0) is 19.1 Å². The quantitative estimate of drug-likeness (QED) is 0.623. The van der Waals surface area contributed by atoms with Crippen molar-refractivity contribution in [3.8, 4) is 0 Å². The number of hydrogen-bond acceptors (Lipinski definition) is 4. The van der Waals surface area contributed by atoms with Crippen molar-refractivity contribution in [2.24, 2.45) is 5.92 Å². The van der Waals surface area contributed by atoms with Gasteiger partial charge >= 0.3 is 5.97 Å². The van der Waals surface area contributed by atoms with Crippen molar-refractivity contribution in [3.05, 3.63) is 35.9 Å². The number of amides is 2. The van der Waals surface area contributed by atoms with Crippen molar-refractivity contribution in [2.75, 3.05) is 7.11 Å². The monoisotopic (exact) mass is 290 g/mol. The second-order valence-corrected chi connectivity index (χ2v) is 4.97. The molecule has 2 amide bonds. The third kappa shape index (κ3) is 4.30. The van der Waals surface area contributed by atoms with Crippen molar-refractivity contribution >= 4 is 17.8 Å². The van der Waals surface area contributed by atoms with Gasteiger partial charge in [-0.2, -0.15) is 0 Å². The van der Waals surface area contributed by atoms with E-state index >= 15 is 0 Å². The van der Waals surface area contributed by atoms with Crippen LogP contribution < -0.4 is 10.9 Å². The first-order valence-electron chi connectivity index (χ1n) is 6.82. The molecule has 1 aromatic carbocycles. The molecule has 2 rings (SSSR count). The molecule has 1 saturated carbocycles. The van der Waals surface area contributed by atoms with Crippen molar-refractivity contribution in [3.63, 3.8) is 0 Å². The summed E-state index contributed by atoms with van der Waals surface area (Å²) in [7, 11) is 1.26. The van der Waals surface area contributed by atoms with E-state index in [2.05, 4.69) is 15.6 Å². The first-order chi connectivity index (χ1) is 10.1. The smallest absolute Gasteiger partial charge is 0.306 e. The number of carbonyl (C=O) groups is 3. The maximum atomic E-state index is 11.9. The van der Waals surface area contributed by atoms with Gasteiger partial charge in [-0.05, 0) is 17.9 Å². The summed E-state index contributed by atoms with van der Waals surface area (Å²) >= 11 is 0. The van der Waals surface area contributed by atoms with Gasteiger partial charge in [0.2, 0.25) is 11.8 Å². The number of carbonyl (C=O) groups excluding carboxylic acids is 3. The molecular weight excluding hydrogens is 272 g/mol. The summed E-state index contributed by atoms with van der Waals surface area (Å²) in [5.41, 5.74) is 5.84. The van der Waals surface area contributed by atoms with Crippen molar-refractivity contribution in [2.45, 2.75) is 25.2 Å². The number of nitrogens with one attached hydrogen (secondary N) is 2. The molecule has 0 saturated heterocycles. The summed E-state index contributed by atoms with van der Waals surface area (Å²) in [6, 6.07) is 9.80. The summed E-state index contributed by atoms with van der Waals surface area (Å²) in [6.45, 7) is 0. The Hall–Kier alpha value is -2.37. The van der Waals surface area contributed by atoms with Crippen LogP contribution >= 0.6 is 0 Å². The van der Waals surface area contributed by atoms with E-state index in [1.54, 1.807) is 0 Å². The van der Waals surface area contributed by atoms with Crippen LogP contribution in [0.2, 0.25) is 0 Å². The van der Waals surface area contributed by atoms with E-state index in [9.17, 15) is 14.4 Å².